The number of carboxylic acid groups (broad SMARTS) is 1. The number of benzene rings is 1. The van der Waals surface area contributed by atoms with E-state index in [-0.39, 0.29) is 22.5 Å². The molecule has 198 valence electrons. The maximum absolute atomic E-state index is 13.7. The van der Waals surface area contributed by atoms with Gasteiger partial charge in [-0.1, -0.05) is 34.4 Å². The summed E-state index contributed by atoms with van der Waals surface area (Å²) in [5.74, 6) is -0.628. The largest absolute Gasteiger partial charge is 0.481 e. The van der Waals surface area contributed by atoms with Gasteiger partial charge in [0.2, 0.25) is 11.9 Å². The van der Waals surface area contributed by atoms with Crippen molar-refractivity contribution < 1.29 is 19.1 Å². The molecule has 0 atom stereocenters. The van der Waals surface area contributed by atoms with E-state index in [9.17, 15) is 9.18 Å². The molecule has 4 N–H and O–H groups in total. The fraction of sp³-hybridized carbons (Fsp3) is 0.364. The number of nitrogens with two attached hydrogens (primary N) is 1. The number of nitrogens with one attached hydrogen (secondary N) is 1. The fourth-order valence-electron chi connectivity index (χ4n) is 3.73. The Kier molecular flexibility index (Phi) is 9.94. The van der Waals surface area contributed by atoms with Gasteiger partial charge >= 0.3 is 0 Å². The maximum atomic E-state index is 13.7. The highest BCUT2D eigenvalue weighted by molar-refractivity contribution is 6.43. The Morgan fingerprint density at radius 3 is 2.65 bits per heavy atom. The Labute approximate surface area is 222 Å². The van der Waals surface area contributed by atoms with E-state index in [1.807, 2.05) is 12.1 Å². The normalized spacial score (nSPS) is 13.9. The number of pyridine rings is 1. The van der Waals surface area contributed by atoms with Crippen LogP contribution in [0.25, 0.3) is 5.69 Å². The molecular formula is C22H26Cl2FN9O3. The molecule has 1 aliphatic rings. The number of rotatable bonds is 7. The van der Waals surface area contributed by atoms with Crippen molar-refractivity contribution >= 4 is 46.8 Å². The molecule has 15 heteroatoms. The van der Waals surface area contributed by atoms with Crippen LogP contribution in [-0.2, 0) is 16.1 Å². The molecule has 0 bridgehead atoms. The summed E-state index contributed by atoms with van der Waals surface area (Å²) in [6.07, 6.45) is 2.63. The highest BCUT2D eigenvalue weighted by atomic mass is 35.5. The number of hydrogen-bond donors (Lipinski definition) is 3. The first-order chi connectivity index (χ1) is 17.7. The molecular weight excluding hydrogens is 528 g/mol. The van der Waals surface area contributed by atoms with Crippen molar-refractivity contribution in [1.82, 2.24) is 30.1 Å². The Bertz CT molecular complexity index is 1240. The summed E-state index contributed by atoms with van der Waals surface area (Å²) in [5.41, 5.74) is 6.64. The second-order valence-electron chi connectivity index (χ2n) is 8.05. The van der Waals surface area contributed by atoms with E-state index in [0.717, 1.165) is 44.4 Å². The monoisotopic (exact) mass is 553 g/mol. The zero-order valence-electron chi connectivity index (χ0n) is 19.9. The van der Waals surface area contributed by atoms with Crippen molar-refractivity contribution in [2.24, 2.45) is 5.73 Å². The molecule has 1 fully saturated rings. The van der Waals surface area contributed by atoms with E-state index in [4.69, 9.17) is 38.8 Å². The van der Waals surface area contributed by atoms with Crippen LogP contribution in [0.15, 0.2) is 30.5 Å². The van der Waals surface area contributed by atoms with Crippen molar-refractivity contribution in [2.45, 2.75) is 19.9 Å². The van der Waals surface area contributed by atoms with Gasteiger partial charge in [0.15, 0.2) is 0 Å². The molecule has 1 amide bonds. The van der Waals surface area contributed by atoms with Gasteiger partial charge in [0.25, 0.3) is 5.97 Å². The molecule has 0 spiro atoms. The molecule has 0 radical (unpaired) electrons. The summed E-state index contributed by atoms with van der Waals surface area (Å²) in [6, 6.07) is 6.49. The standard InChI is InChI=1S/C20H22Cl2FN9O.C2H4O2/c21-17-14(23)4-5-15(18(17)22)32-20(27-28-29-32)26-11-13-3-1-6-25-19(13)31-8-2-7-30(9-10-31)12-16(24)33;1-2(3)4/h1,3-6H,2,7-12H2,(H2,24,33)(H,26,27,29);1H3,(H,3,4). The summed E-state index contributed by atoms with van der Waals surface area (Å²) in [6.45, 7) is 4.77. The lowest BCUT2D eigenvalue weighted by atomic mass is 10.2. The van der Waals surface area contributed by atoms with Gasteiger partial charge in [-0.15, -0.1) is 0 Å². The Morgan fingerprint density at radius 2 is 1.92 bits per heavy atom. The average molecular weight is 554 g/mol. The van der Waals surface area contributed by atoms with Gasteiger partial charge in [0.1, 0.15) is 11.6 Å². The Hall–Kier alpha value is -3.55. The SMILES string of the molecule is CC(=O)O.NC(=O)CN1CCCN(c2ncccc2CNc2nnnn2-c2ccc(F)c(Cl)c2Cl)CC1. The first kappa shape index (κ1) is 28.0. The molecule has 3 heterocycles. The van der Waals surface area contributed by atoms with Crippen LogP contribution in [0.3, 0.4) is 0 Å². The van der Waals surface area contributed by atoms with E-state index < -0.39 is 11.8 Å². The fourth-order valence-corrected chi connectivity index (χ4v) is 4.12. The summed E-state index contributed by atoms with van der Waals surface area (Å²) in [7, 11) is 0. The molecule has 12 nitrogen and oxygen atoms in total. The first-order valence-electron chi connectivity index (χ1n) is 11.2. The second kappa shape index (κ2) is 13.1. The quantitative estimate of drug-likeness (QED) is 0.370. The first-order valence-corrected chi connectivity index (χ1v) is 12.0. The highest BCUT2D eigenvalue weighted by Gasteiger charge is 2.20. The van der Waals surface area contributed by atoms with Crippen LogP contribution in [0.2, 0.25) is 10.0 Å². The van der Waals surface area contributed by atoms with Crippen LogP contribution in [0.4, 0.5) is 16.2 Å². The minimum atomic E-state index is -0.833. The number of carbonyl (C=O) groups excluding carboxylic acids is 1. The number of amides is 1. The Balaban J connectivity index is 0.000000886. The van der Waals surface area contributed by atoms with Crippen LogP contribution < -0.4 is 16.0 Å². The summed E-state index contributed by atoms with van der Waals surface area (Å²) >= 11 is 12.1. The van der Waals surface area contributed by atoms with Crippen molar-refractivity contribution in [3.8, 4) is 5.69 Å². The van der Waals surface area contributed by atoms with Gasteiger partial charge < -0.3 is 21.1 Å². The number of nitrogens with zero attached hydrogens (tertiary/aromatic N) is 7. The Morgan fingerprint density at radius 1 is 1.16 bits per heavy atom. The lowest BCUT2D eigenvalue weighted by Gasteiger charge is -2.24. The van der Waals surface area contributed by atoms with Crippen molar-refractivity contribution in [1.29, 1.82) is 0 Å². The van der Waals surface area contributed by atoms with Crippen molar-refractivity contribution in [3.63, 3.8) is 0 Å². The highest BCUT2D eigenvalue weighted by Crippen LogP contribution is 2.31. The third kappa shape index (κ3) is 7.71. The number of carbonyl (C=O) groups is 2. The van der Waals surface area contributed by atoms with Gasteiger partial charge in [0, 0.05) is 51.4 Å². The summed E-state index contributed by atoms with van der Waals surface area (Å²) < 4.78 is 15.0. The number of hydrogen-bond acceptors (Lipinski definition) is 9. The smallest absolute Gasteiger partial charge is 0.300 e. The van der Waals surface area contributed by atoms with Gasteiger partial charge in [-0.05, 0) is 35.0 Å². The van der Waals surface area contributed by atoms with Gasteiger partial charge in [0.05, 0.1) is 22.3 Å². The number of aliphatic carboxylic acids is 1. The van der Waals surface area contributed by atoms with Gasteiger partial charge in [-0.3, -0.25) is 14.5 Å². The minimum absolute atomic E-state index is 0.0131. The number of aromatic nitrogens is 5. The average Bonchev–Trinajstić information content (AvgIpc) is 3.19. The van der Waals surface area contributed by atoms with Crippen molar-refractivity contribution in [2.75, 3.05) is 42.9 Å². The van der Waals surface area contributed by atoms with E-state index in [1.165, 1.54) is 16.8 Å². The second-order valence-corrected chi connectivity index (χ2v) is 8.81. The number of halogens is 3. The lowest BCUT2D eigenvalue weighted by Crippen LogP contribution is -2.37. The maximum Gasteiger partial charge on any atom is 0.300 e. The predicted molar refractivity (Wildman–Crippen MR) is 136 cm³/mol. The minimum Gasteiger partial charge on any atom is -0.481 e. The number of carboxylic acids is 1. The van der Waals surface area contributed by atoms with Gasteiger partial charge in [-0.25, -0.2) is 9.37 Å². The number of anilines is 2. The molecule has 0 unspecified atom stereocenters. The molecule has 0 saturated carbocycles. The van der Waals surface area contributed by atoms with E-state index in [0.29, 0.717) is 24.7 Å². The van der Waals surface area contributed by atoms with Crippen LogP contribution in [0, 0.1) is 5.82 Å². The summed E-state index contributed by atoms with van der Waals surface area (Å²) in [5, 5.41) is 22.1. The molecule has 0 aliphatic carbocycles. The van der Waals surface area contributed by atoms with E-state index in [1.54, 1.807) is 6.20 Å². The zero-order chi connectivity index (χ0) is 26.9. The van der Waals surface area contributed by atoms with Crippen LogP contribution in [0.1, 0.15) is 18.9 Å². The molecule has 37 heavy (non-hydrogen) atoms. The lowest BCUT2D eigenvalue weighted by molar-refractivity contribution is -0.134. The molecule has 4 rings (SSSR count). The molecule has 2 aromatic heterocycles. The van der Waals surface area contributed by atoms with Crippen LogP contribution >= 0.6 is 23.2 Å². The molecule has 1 saturated heterocycles. The van der Waals surface area contributed by atoms with Crippen LogP contribution in [0.5, 0.6) is 0 Å². The van der Waals surface area contributed by atoms with Crippen molar-refractivity contribution in [3.05, 3.63) is 51.9 Å². The zero-order valence-corrected chi connectivity index (χ0v) is 21.5. The molecule has 1 aliphatic heterocycles. The number of tetrazole rings is 1. The predicted octanol–water partition coefficient (Wildman–Crippen LogP) is 2.20. The third-order valence-corrected chi connectivity index (χ3v) is 6.13. The topological polar surface area (TPSA) is 155 Å². The number of primary amides is 1. The van der Waals surface area contributed by atoms with Gasteiger partial charge in [-0.2, -0.15) is 4.68 Å². The third-order valence-electron chi connectivity index (χ3n) is 5.28. The summed E-state index contributed by atoms with van der Waals surface area (Å²) in [4.78, 5) is 29.1. The molecule has 3 aromatic rings. The van der Waals surface area contributed by atoms with Crippen LogP contribution in [-0.4, -0.2) is 79.8 Å². The molecule has 1 aromatic carbocycles. The van der Waals surface area contributed by atoms with E-state index in [2.05, 4.69) is 35.6 Å². The van der Waals surface area contributed by atoms with E-state index >= 15 is 0 Å².